The van der Waals surface area contributed by atoms with Crippen LogP contribution in [0.1, 0.15) is 6.23 Å². The van der Waals surface area contributed by atoms with Crippen LogP contribution in [0.15, 0.2) is 21.9 Å². The fraction of sp³-hybridized carbons (Fsp3) is 0.429. The van der Waals surface area contributed by atoms with Gasteiger partial charge in [-0.2, -0.15) is 0 Å². The lowest BCUT2D eigenvalue weighted by atomic mass is 10.5. The van der Waals surface area contributed by atoms with Gasteiger partial charge in [0, 0.05) is 18.0 Å². The van der Waals surface area contributed by atoms with Gasteiger partial charge in [0.1, 0.15) is 0 Å². The van der Waals surface area contributed by atoms with E-state index in [0.717, 1.165) is 0 Å². The molecule has 0 amide bonds. The predicted octanol–water partition coefficient (Wildman–Crippen LogP) is -0.926. The SMILES string of the molecule is O=c1ccn(C2CSC(O)O2)c(=O)[nH]1. The fourth-order valence-electron chi connectivity index (χ4n) is 1.18. The number of H-pyrrole nitrogens is 1. The summed E-state index contributed by atoms with van der Waals surface area (Å²) >= 11 is 1.19. The predicted molar refractivity (Wildman–Crippen MR) is 49.9 cm³/mol. The molecule has 0 radical (unpaired) electrons. The number of aromatic nitrogens is 2. The van der Waals surface area contributed by atoms with E-state index in [1.807, 2.05) is 0 Å². The van der Waals surface area contributed by atoms with Crippen molar-refractivity contribution in [1.82, 2.24) is 9.55 Å². The summed E-state index contributed by atoms with van der Waals surface area (Å²) in [7, 11) is 0. The molecular weight excluding hydrogens is 208 g/mol. The standard InChI is InChI=1S/C7H8N2O4S/c10-4-1-2-9(6(11)8-4)5-3-14-7(12)13-5/h1-2,5,7,12H,3H2,(H,8,10,11). The summed E-state index contributed by atoms with van der Waals surface area (Å²) < 4.78 is 6.27. The van der Waals surface area contributed by atoms with E-state index in [2.05, 4.69) is 4.98 Å². The Kier molecular flexibility index (Phi) is 2.44. The van der Waals surface area contributed by atoms with Crippen LogP contribution in [0.25, 0.3) is 0 Å². The van der Waals surface area contributed by atoms with Crippen molar-refractivity contribution in [2.75, 3.05) is 5.75 Å². The van der Waals surface area contributed by atoms with Gasteiger partial charge in [0.05, 0.1) is 0 Å². The van der Waals surface area contributed by atoms with Crippen LogP contribution in [0.3, 0.4) is 0 Å². The lowest BCUT2D eigenvalue weighted by Gasteiger charge is -2.11. The third-order valence-electron chi connectivity index (χ3n) is 1.82. The molecule has 2 unspecified atom stereocenters. The third-order valence-corrected chi connectivity index (χ3v) is 2.69. The Bertz CT molecular complexity index is 440. The van der Waals surface area contributed by atoms with Gasteiger partial charge in [-0.3, -0.25) is 14.3 Å². The molecule has 0 saturated carbocycles. The molecule has 1 fully saturated rings. The van der Waals surface area contributed by atoms with Gasteiger partial charge in [-0.25, -0.2) is 4.79 Å². The number of aliphatic hydroxyl groups is 1. The molecule has 6 nitrogen and oxygen atoms in total. The number of thioether (sulfide) groups is 1. The molecule has 7 heteroatoms. The van der Waals surface area contributed by atoms with E-state index in [1.54, 1.807) is 0 Å². The summed E-state index contributed by atoms with van der Waals surface area (Å²) in [6.07, 6.45) is 0.837. The number of hydrogen-bond acceptors (Lipinski definition) is 5. The molecule has 1 saturated heterocycles. The van der Waals surface area contributed by atoms with Crippen molar-refractivity contribution in [3.8, 4) is 0 Å². The van der Waals surface area contributed by atoms with Gasteiger partial charge < -0.3 is 9.84 Å². The normalized spacial score (nSPS) is 26.6. The first kappa shape index (κ1) is 9.50. The minimum Gasteiger partial charge on any atom is -0.359 e. The highest BCUT2D eigenvalue weighted by atomic mass is 32.2. The van der Waals surface area contributed by atoms with Gasteiger partial charge in [0.15, 0.2) is 6.23 Å². The van der Waals surface area contributed by atoms with Crippen molar-refractivity contribution in [2.24, 2.45) is 0 Å². The summed E-state index contributed by atoms with van der Waals surface area (Å²) in [6.45, 7) is 0. The van der Waals surface area contributed by atoms with Gasteiger partial charge >= 0.3 is 5.69 Å². The second-order valence-corrected chi connectivity index (χ2v) is 3.82. The van der Waals surface area contributed by atoms with Gasteiger partial charge in [-0.1, -0.05) is 11.8 Å². The molecule has 0 spiro atoms. The maximum Gasteiger partial charge on any atom is 0.330 e. The van der Waals surface area contributed by atoms with E-state index in [9.17, 15) is 9.59 Å². The molecule has 0 aliphatic carbocycles. The molecule has 1 aliphatic rings. The van der Waals surface area contributed by atoms with Crippen molar-refractivity contribution < 1.29 is 9.84 Å². The monoisotopic (exact) mass is 216 g/mol. The topological polar surface area (TPSA) is 84.3 Å². The van der Waals surface area contributed by atoms with E-state index in [1.165, 1.54) is 28.6 Å². The molecule has 14 heavy (non-hydrogen) atoms. The number of nitrogens with one attached hydrogen (secondary N) is 1. The molecule has 0 aromatic carbocycles. The molecule has 76 valence electrons. The van der Waals surface area contributed by atoms with Crippen molar-refractivity contribution >= 4 is 11.8 Å². The van der Waals surface area contributed by atoms with Crippen molar-refractivity contribution in [3.05, 3.63) is 33.1 Å². The first-order chi connectivity index (χ1) is 6.66. The van der Waals surface area contributed by atoms with E-state index >= 15 is 0 Å². The number of nitrogens with zero attached hydrogens (tertiary/aromatic N) is 1. The van der Waals surface area contributed by atoms with Crippen LogP contribution in [0.2, 0.25) is 0 Å². The van der Waals surface area contributed by atoms with E-state index in [0.29, 0.717) is 5.75 Å². The van der Waals surface area contributed by atoms with Crippen LogP contribution < -0.4 is 11.2 Å². The summed E-state index contributed by atoms with van der Waals surface area (Å²) in [4.78, 5) is 24.1. The zero-order chi connectivity index (χ0) is 10.1. The smallest absolute Gasteiger partial charge is 0.330 e. The maximum absolute atomic E-state index is 11.3. The first-order valence-corrected chi connectivity index (χ1v) is 4.98. The van der Waals surface area contributed by atoms with E-state index in [-0.39, 0.29) is 0 Å². The molecule has 2 heterocycles. The Balaban J connectivity index is 2.33. The van der Waals surface area contributed by atoms with Crippen LogP contribution in [-0.4, -0.2) is 26.0 Å². The van der Waals surface area contributed by atoms with E-state index in [4.69, 9.17) is 9.84 Å². The highest BCUT2D eigenvalue weighted by Gasteiger charge is 2.25. The molecule has 1 aromatic rings. The van der Waals surface area contributed by atoms with Crippen LogP contribution in [0.4, 0.5) is 0 Å². The molecule has 1 aromatic heterocycles. The molecule has 2 rings (SSSR count). The Hall–Kier alpha value is -1.05. The second-order valence-electron chi connectivity index (χ2n) is 2.75. The number of aliphatic hydroxyl groups excluding tert-OH is 1. The molecule has 2 N–H and O–H groups in total. The van der Waals surface area contributed by atoms with Gasteiger partial charge in [-0.05, 0) is 0 Å². The van der Waals surface area contributed by atoms with Crippen LogP contribution >= 0.6 is 11.8 Å². The van der Waals surface area contributed by atoms with Gasteiger partial charge in [-0.15, -0.1) is 0 Å². The van der Waals surface area contributed by atoms with Crippen molar-refractivity contribution in [1.29, 1.82) is 0 Å². The Labute approximate surface area is 82.5 Å². The third kappa shape index (κ3) is 1.74. The Morgan fingerprint density at radius 2 is 2.43 bits per heavy atom. The van der Waals surface area contributed by atoms with Gasteiger partial charge in [0.2, 0.25) is 5.62 Å². The van der Waals surface area contributed by atoms with E-state index < -0.39 is 23.1 Å². The largest absolute Gasteiger partial charge is 0.359 e. The van der Waals surface area contributed by atoms with Crippen molar-refractivity contribution in [3.63, 3.8) is 0 Å². The number of hydrogen-bond donors (Lipinski definition) is 2. The minimum absolute atomic E-state index is 0.447. The highest BCUT2D eigenvalue weighted by molar-refractivity contribution is 7.99. The highest BCUT2D eigenvalue weighted by Crippen LogP contribution is 2.28. The summed E-state index contributed by atoms with van der Waals surface area (Å²) in [5.74, 6) is 0.479. The zero-order valence-corrected chi connectivity index (χ0v) is 7.86. The molecule has 0 bridgehead atoms. The maximum atomic E-state index is 11.3. The van der Waals surface area contributed by atoms with Crippen molar-refractivity contribution in [2.45, 2.75) is 11.8 Å². The number of rotatable bonds is 1. The molecular formula is C7H8N2O4S. The average molecular weight is 216 g/mol. The Morgan fingerprint density at radius 1 is 1.64 bits per heavy atom. The first-order valence-electron chi connectivity index (χ1n) is 3.93. The summed E-state index contributed by atoms with van der Waals surface area (Å²) in [6, 6.07) is 1.24. The lowest BCUT2D eigenvalue weighted by Crippen LogP contribution is -2.32. The average Bonchev–Trinajstić information content (AvgIpc) is 2.51. The minimum atomic E-state index is -0.904. The lowest BCUT2D eigenvalue weighted by molar-refractivity contribution is -0.0840. The van der Waals surface area contributed by atoms with Crippen LogP contribution in [0, 0.1) is 0 Å². The molecule has 2 atom stereocenters. The number of ether oxygens (including phenoxy) is 1. The molecule has 1 aliphatic heterocycles. The van der Waals surface area contributed by atoms with Crippen LogP contribution in [0.5, 0.6) is 0 Å². The number of aromatic amines is 1. The summed E-state index contributed by atoms with van der Waals surface area (Å²) in [5, 5.41) is 9.06. The van der Waals surface area contributed by atoms with Gasteiger partial charge in [0.25, 0.3) is 5.56 Å². The fourth-order valence-corrected chi connectivity index (χ4v) is 1.95. The quantitative estimate of drug-likeness (QED) is 0.634. The Morgan fingerprint density at radius 3 is 3.00 bits per heavy atom. The zero-order valence-electron chi connectivity index (χ0n) is 7.04. The second kappa shape index (κ2) is 3.60. The van der Waals surface area contributed by atoms with Crippen LogP contribution in [-0.2, 0) is 4.74 Å². The summed E-state index contributed by atoms with van der Waals surface area (Å²) in [5.41, 5.74) is -1.88.